The van der Waals surface area contributed by atoms with Gasteiger partial charge in [-0.25, -0.2) is 0 Å². The fourth-order valence-electron chi connectivity index (χ4n) is 4.53. The van der Waals surface area contributed by atoms with Gasteiger partial charge >= 0.3 is 11.1 Å². The molecule has 0 atom stereocenters. The van der Waals surface area contributed by atoms with Crippen molar-refractivity contribution >= 4 is 11.0 Å². The quantitative estimate of drug-likeness (QED) is 0.305. The molecule has 0 aliphatic carbocycles. The summed E-state index contributed by atoms with van der Waals surface area (Å²) in [5, 5.41) is 0. The maximum Gasteiger partial charge on any atom is 0.321 e. The van der Waals surface area contributed by atoms with Crippen LogP contribution in [-0.4, -0.2) is 14.1 Å². The molecule has 2 aromatic heterocycles. The Morgan fingerprint density at radius 1 is 0.444 bits per heavy atom. The van der Waals surface area contributed by atoms with E-state index in [-0.39, 0.29) is 0 Å². The molecule has 0 aliphatic heterocycles. The van der Waals surface area contributed by atoms with Gasteiger partial charge in [0.1, 0.15) is 0 Å². The summed E-state index contributed by atoms with van der Waals surface area (Å²) in [7, 11) is 0. The highest BCUT2D eigenvalue weighted by Gasteiger charge is 2.16. The Balaban J connectivity index is 1.49. The Kier molecular flexibility index (Phi) is 5.35. The lowest BCUT2D eigenvalue weighted by molar-refractivity contribution is 0.914. The van der Waals surface area contributed by atoms with Gasteiger partial charge in [0.05, 0.1) is 17.2 Å². The van der Waals surface area contributed by atoms with Crippen LogP contribution in [0.15, 0.2) is 137 Å². The molecule has 0 saturated heterocycles. The Bertz CT molecular complexity index is 1650. The third-order valence-electron chi connectivity index (χ3n) is 6.31. The van der Waals surface area contributed by atoms with E-state index in [1.807, 2.05) is 109 Å². The fourth-order valence-corrected chi connectivity index (χ4v) is 4.53. The number of benzene rings is 4. The molecule has 0 amide bonds. The van der Waals surface area contributed by atoms with Gasteiger partial charge in [-0.3, -0.25) is 23.7 Å². The van der Waals surface area contributed by atoms with Crippen molar-refractivity contribution in [3.05, 3.63) is 148 Å². The summed E-state index contributed by atoms with van der Waals surface area (Å²) in [4.78, 5) is 31.1. The van der Waals surface area contributed by atoms with Crippen molar-refractivity contribution in [2.24, 2.45) is 0 Å². The van der Waals surface area contributed by atoms with Crippen LogP contribution >= 0.6 is 0 Å². The van der Waals surface area contributed by atoms with Crippen LogP contribution < -0.4 is 11.1 Å². The van der Waals surface area contributed by atoms with Gasteiger partial charge < -0.3 is 0 Å². The van der Waals surface area contributed by atoms with E-state index in [9.17, 15) is 9.59 Å². The van der Waals surface area contributed by atoms with Crippen LogP contribution in [0.5, 0.6) is 0 Å². The molecule has 172 valence electrons. The lowest BCUT2D eigenvalue weighted by Crippen LogP contribution is -2.40. The number of fused-ring (bicyclic) bond motifs is 1. The molecule has 0 aliphatic rings. The topological polar surface area (TPSA) is 56.9 Å². The van der Waals surface area contributed by atoms with E-state index in [0.29, 0.717) is 22.4 Å². The summed E-state index contributed by atoms with van der Waals surface area (Å²) in [5.41, 5.74) is 5.38. The number of rotatable bonds is 4. The molecule has 0 saturated carbocycles. The van der Waals surface area contributed by atoms with Crippen molar-refractivity contribution in [1.29, 1.82) is 0 Å². The van der Waals surface area contributed by atoms with Crippen LogP contribution in [0.2, 0.25) is 0 Å². The average Bonchev–Trinajstić information content (AvgIpc) is 2.95. The smallest absolute Gasteiger partial charge is 0.271 e. The van der Waals surface area contributed by atoms with Gasteiger partial charge in [-0.05, 0) is 52.6 Å². The summed E-state index contributed by atoms with van der Waals surface area (Å²) < 4.78 is 2.90. The van der Waals surface area contributed by atoms with Crippen molar-refractivity contribution in [3.63, 3.8) is 0 Å². The van der Waals surface area contributed by atoms with Crippen molar-refractivity contribution in [1.82, 2.24) is 14.1 Å². The van der Waals surface area contributed by atoms with Crippen molar-refractivity contribution in [2.45, 2.75) is 0 Å². The minimum atomic E-state index is -0.630. The molecular weight excluding hydrogens is 446 g/mol. The zero-order valence-electron chi connectivity index (χ0n) is 19.3. The molecule has 0 N–H and O–H groups in total. The molecular formula is C31H21N3O2. The number of nitrogens with zero attached hydrogens (tertiary/aromatic N) is 3. The highest BCUT2D eigenvalue weighted by atomic mass is 16.2. The van der Waals surface area contributed by atoms with Crippen LogP contribution in [0, 0.1) is 0 Å². The average molecular weight is 468 g/mol. The highest BCUT2D eigenvalue weighted by Crippen LogP contribution is 2.24. The predicted molar refractivity (Wildman–Crippen MR) is 144 cm³/mol. The van der Waals surface area contributed by atoms with Crippen molar-refractivity contribution in [2.75, 3.05) is 0 Å². The molecule has 6 rings (SSSR count). The molecule has 0 fully saturated rings. The summed E-state index contributed by atoms with van der Waals surface area (Å²) in [6, 6.07) is 37.0. The normalized spacial score (nSPS) is 11.0. The van der Waals surface area contributed by atoms with E-state index in [2.05, 4.69) is 4.98 Å². The van der Waals surface area contributed by atoms with Gasteiger partial charge in [-0.15, -0.1) is 0 Å². The lowest BCUT2D eigenvalue weighted by atomic mass is 10.1. The van der Waals surface area contributed by atoms with Crippen LogP contribution in [0.1, 0.15) is 0 Å². The summed E-state index contributed by atoms with van der Waals surface area (Å²) in [6.45, 7) is 0. The third-order valence-corrected chi connectivity index (χ3v) is 6.31. The van der Waals surface area contributed by atoms with Gasteiger partial charge in [-0.1, -0.05) is 84.9 Å². The van der Waals surface area contributed by atoms with Gasteiger partial charge in [0.15, 0.2) is 0 Å². The van der Waals surface area contributed by atoms with Crippen LogP contribution in [0.3, 0.4) is 0 Å². The van der Waals surface area contributed by atoms with E-state index in [0.717, 1.165) is 22.3 Å². The minimum absolute atomic E-state index is 0.557. The fraction of sp³-hybridized carbons (Fsp3) is 0. The Morgan fingerprint density at radius 2 is 0.861 bits per heavy atom. The Hall–Kier alpha value is -5.03. The van der Waals surface area contributed by atoms with E-state index in [1.54, 1.807) is 18.5 Å². The lowest BCUT2D eigenvalue weighted by Gasteiger charge is -2.15. The first-order valence-corrected chi connectivity index (χ1v) is 11.6. The first-order valence-electron chi connectivity index (χ1n) is 11.6. The third kappa shape index (κ3) is 3.73. The molecule has 0 unspecified atom stereocenters. The molecule has 5 heteroatoms. The van der Waals surface area contributed by atoms with Gasteiger partial charge in [0.25, 0.3) is 0 Å². The van der Waals surface area contributed by atoms with Crippen molar-refractivity contribution < 1.29 is 0 Å². The minimum Gasteiger partial charge on any atom is -0.271 e. The molecule has 5 nitrogen and oxygen atoms in total. The van der Waals surface area contributed by atoms with Gasteiger partial charge in [0.2, 0.25) is 0 Å². The second kappa shape index (κ2) is 8.96. The number of hydrogen-bond acceptors (Lipinski definition) is 3. The number of aromatic nitrogens is 3. The second-order valence-electron chi connectivity index (χ2n) is 8.47. The SMILES string of the molecule is O=c1c(=O)n(-c2ccc(-c3ccccc3)cc2)c2cnccc2n1-c1ccc(-c2ccccc2)cc1. The molecule has 0 bridgehead atoms. The predicted octanol–water partition coefficient (Wildman–Crippen LogP) is 5.87. The monoisotopic (exact) mass is 467 g/mol. The van der Waals surface area contributed by atoms with Crippen LogP contribution in [0.4, 0.5) is 0 Å². The zero-order chi connectivity index (χ0) is 24.5. The van der Waals surface area contributed by atoms with Crippen molar-refractivity contribution in [3.8, 4) is 33.6 Å². The summed E-state index contributed by atoms with van der Waals surface area (Å²) in [6.07, 6.45) is 3.25. The Morgan fingerprint density at radius 3 is 1.33 bits per heavy atom. The highest BCUT2D eigenvalue weighted by molar-refractivity contribution is 5.78. The standard InChI is InChI=1S/C31H21N3O2/c35-30-31(36)34(27-17-13-25(14-18-27)23-9-5-2-6-10-23)29-21-32-20-19-28(29)33(30)26-15-11-24(12-16-26)22-7-3-1-4-8-22/h1-21H. The number of hydrogen-bond donors (Lipinski definition) is 0. The summed E-state index contributed by atoms with van der Waals surface area (Å²) >= 11 is 0. The van der Waals surface area contributed by atoms with Gasteiger partial charge in [-0.2, -0.15) is 0 Å². The molecule has 2 heterocycles. The Labute approximate surface area is 207 Å². The molecule has 0 spiro atoms. The van der Waals surface area contributed by atoms with Gasteiger partial charge in [0, 0.05) is 17.6 Å². The largest absolute Gasteiger partial charge is 0.321 e. The molecule has 36 heavy (non-hydrogen) atoms. The number of pyridine rings is 1. The maximum absolute atomic E-state index is 13.4. The first-order chi connectivity index (χ1) is 17.7. The first kappa shape index (κ1) is 21.5. The molecule has 6 aromatic rings. The van der Waals surface area contributed by atoms with Crippen LogP contribution in [0.25, 0.3) is 44.7 Å². The van der Waals surface area contributed by atoms with Crippen LogP contribution in [-0.2, 0) is 0 Å². The second-order valence-corrected chi connectivity index (χ2v) is 8.47. The summed E-state index contributed by atoms with van der Waals surface area (Å²) in [5.74, 6) is 0. The molecule has 0 radical (unpaired) electrons. The molecule has 4 aromatic carbocycles. The van der Waals surface area contributed by atoms with E-state index in [4.69, 9.17) is 0 Å². The zero-order valence-corrected chi connectivity index (χ0v) is 19.3. The van der Waals surface area contributed by atoms with E-state index >= 15 is 0 Å². The van der Waals surface area contributed by atoms with E-state index in [1.165, 1.54) is 9.13 Å². The van der Waals surface area contributed by atoms with E-state index < -0.39 is 11.1 Å². The maximum atomic E-state index is 13.4.